The third-order valence-corrected chi connectivity index (χ3v) is 2.70. The number of amides is 1. The van der Waals surface area contributed by atoms with Crippen molar-refractivity contribution in [3.8, 4) is 0 Å². The zero-order chi connectivity index (χ0) is 13.9. The van der Waals surface area contributed by atoms with E-state index in [0.29, 0.717) is 18.7 Å². The maximum atomic E-state index is 11.8. The number of methoxy groups -OCH3 is 1. The van der Waals surface area contributed by atoms with Gasteiger partial charge in [0.15, 0.2) is 0 Å². The summed E-state index contributed by atoms with van der Waals surface area (Å²) >= 11 is 0. The maximum Gasteiger partial charge on any atom is 0.253 e. The number of ether oxygens (including phenoxy) is 1. The zero-order valence-corrected chi connectivity index (χ0v) is 11.7. The van der Waals surface area contributed by atoms with Crippen molar-refractivity contribution in [3.63, 3.8) is 0 Å². The SMILES string of the molecule is CCCCCNc1cncc(C(=O)NCCOC)c1. The highest BCUT2D eigenvalue weighted by Gasteiger charge is 2.05. The number of carbonyl (C=O) groups excluding carboxylic acids is 1. The van der Waals surface area contributed by atoms with Crippen molar-refractivity contribution in [1.82, 2.24) is 10.3 Å². The summed E-state index contributed by atoms with van der Waals surface area (Å²) in [5, 5.41) is 6.05. The number of hydrogen-bond acceptors (Lipinski definition) is 4. The fourth-order valence-corrected chi connectivity index (χ4v) is 1.64. The minimum absolute atomic E-state index is 0.123. The van der Waals surface area contributed by atoms with Gasteiger partial charge in [0, 0.05) is 32.6 Å². The van der Waals surface area contributed by atoms with Crippen LogP contribution in [0.4, 0.5) is 5.69 Å². The predicted octanol–water partition coefficient (Wildman–Crippen LogP) is 2.06. The van der Waals surface area contributed by atoms with Gasteiger partial charge in [0.25, 0.3) is 5.91 Å². The second-order valence-corrected chi connectivity index (χ2v) is 4.34. The summed E-state index contributed by atoms with van der Waals surface area (Å²) in [6, 6.07) is 1.82. The van der Waals surface area contributed by atoms with Crippen LogP contribution in [0, 0.1) is 0 Å². The first-order valence-corrected chi connectivity index (χ1v) is 6.74. The molecule has 0 saturated heterocycles. The monoisotopic (exact) mass is 265 g/mol. The molecule has 0 bridgehead atoms. The molecule has 0 aliphatic rings. The van der Waals surface area contributed by atoms with Crippen LogP contribution < -0.4 is 10.6 Å². The molecule has 0 aliphatic heterocycles. The molecule has 5 nitrogen and oxygen atoms in total. The van der Waals surface area contributed by atoms with Crippen LogP contribution in [-0.4, -0.2) is 37.7 Å². The Labute approximate surface area is 114 Å². The third-order valence-electron chi connectivity index (χ3n) is 2.70. The molecule has 1 rings (SSSR count). The summed E-state index contributed by atoms with van der Waals surface area (Å²) in [7, 11) is 1.61. The van der Waals surface area contributed by atoms with Gasteiger partial charge < -0.3 is 15.4 Å². The van der Waals surface area contributed by atoms with Gasteiger partial charge in [-0.15, -0.1) is 0 Å². The number of nitrogens with zero attached hydrogens (tertiary/aromatic N) is 1. The predicted molar refractivity (Wildman–Crippen MR) is 76.5 cm³/mol. The molecular weight excluding hydrogens is 242 g/mol. The van der Waals surface area contributed by atoms with Crippen LogP contribution in [0.25, 0.3) is 0 Å². The van der Waals surface area contributed by atoms with Gasteiger partial charge >= 0.3 is 0 Å². The number of aromatic nitrogens is 1. The number of anilines is 1. The molecule has 0 aliphatic carbocycles. The van der Waals surface area contributed by atoms with E-state index in [1.54, 1.807) is 19.5 Å². The quantitative estimate of drug-likeness (QED) is 0.671. The van der Waals surface area contributed by atoms with Gasteiger partial charge in [0.1, 0.15) is 0 Å². The molecule has 1 amide bonds. The molecule has 1 aromatic rings. The Morgan fingerprint density at radius 3 is 2.89 bits per heavy atom. The first-order valence-electron chi connectivity index (χ1n) is 6.74. The third kappa shape index (κ3) is 6.20. The van der Waals surface area contributed by atoms with Gasteiger partial charge in [-0.3, -0.25) is 9.78 Å². The Morgan fingerprint density at radius 1 is 1.32 bits per heavy atom. The van der Waals surface area contributed by atoms with E-state index in [2.05, 4.69) is 22.5 Å². The largest absolute Gasteiger partial charge is 0.384 e. The van der Waals surface area contributed by atoms with Crippen LogP contribution in [0.5, 0.6) is 0 Å². The van der Waals surface area contributed by atoms with Crippen LogP contribution in [0.2, 0.25) is 0 Å². The lowest BCUT2D eigenvalue weighted by Gasteiger charge is -2.08. The fourth-order valence-electron chi connectivity index (χ4n) is 1.64. The van der Waals surface area contributed by atoms with Crippen molar-refractivity contribution < 1.29 is 9.53 Å². The number of nitrogens with one attached hydrogen (secondary N) is 2. The van der Waals surface area contributed by atoms with Crippen molar-refractivity contribution in [1.29, 1.82) is 0 Å². The van der Waals surface area contributed by atoms with Crippen LogP contribution in [0.15, 0.2) is 18.5 Å². The Kier molecular flexibility index (Phi) is 7.58. The van der Waals surface area contributed by atoms with E-state index in [4.69, 9.17) is 4.74 Å². The topological polar surface area (TPSA) is 63.2 Å². The molecule has 0 radical (unpaired) electrons. The summed E-state index contributed by atoms with van der Waals surface area (Å²) < 4.78 is 4.89. The summed E-state index contributed by atoms with van der Waals surface area (Å²) in [5.41, 5.74) is 1.45. The number of rotatable bonds is 9. The van der Waals surface area contributed by atoms with E-state index < -0.39 is 0 Å². The summed E-state index contributed by atoms with van der Waals surface area (Å²) in [5.74, 6) is -0.123. The molecule has 0 fully saturated rings. The Hall–Kier alpha value is -1.62. The maximum absolute atomic E-state index is 11.8. The van der Waals surface area contributed by atoms with Crippen LogP contribution in [-0.2, 0) is 4.74 Å². The van der Waals surface area contributed by atoms with Gasteiger partial charge in [-0.1, -0.05) is 19.8 Å². The average molecular weight is 265 g/mol. The Bertz CT molecular complexity index is 383. The lowest BCUT2D eigenvalue weighted by Crippen LogP contribution is -2.27. The van der Waals surface area contributed by atoms with E-state index >= 15 is 0 Å². The minimum atomic E-state index is -0.123. The van der Waals surface area contributed by atoms with Crippen molar-refractivity contribution in [2.24, 2.45) is 0 Å². The van der Waals surface area contributed by atoms with Crippen molar-refractivity contribution in [2.75, 3.05) is 32.1 Å². The summed E-state index contributed by atoms with van der Waals surface area (Å²) in [4.78, 5) is 15.9. The molecule has 1 aromatic heterocycles. The summed E-state index contributed by atoms with van der Waals surface area (Å²) in [6.07, 6.45) is 6.83. The molecule has 2 N–H and O–H groups in total. The standard InChI is InChI=1S/C14H23N3O2/c1-3-4-5-6-16-13-9-12(10-15-11-13)14(18)17-7-8-19-2/h9-11,16H,3-8H2,1-2H3,(H,17,18). The van der Waals surface area contributed by atoms with Gasteiger partial charge in [0.05, 0.1) is 17.9 Å². The average Bonchev–Trinajstić information content (AvgIpc) is 2.44. The normalized spacial score (nSPS) is 10.2. The Balaban J connectivity index is 2.44. The van der Waals surface area contributed by atoms with E-state index in [1.807, 2.05) is 6.07 Å². The minimum Gasteiger partial charge on any atom is -0.384 e. The highest BCUT2D eigenvalue weighted by Crippen LogP contribution is 2.08. The van der Waals surface area contributed by atoms with E-state index in [0.717, 1.165) is 18.7 Å². The van der Waals surface area contributed by atoms with Gasteiger partial charge in [0.2, 0.25) is 0 Å². The lowest BCUT2D eigenvalue weighted by atomic mass is 10.2. The van der Waals surface area contributed by atoms with Crippen LogP contribution in [0.1, 0.15) is 36.5 Å². The fraction of sp³-hybridized carbons (Fsp3) is 0.571. The second kappa shape index (κ2) is 9.33. The smallest absolute Gasteiger partial charge is 0.253 e. The molecule has 106 valence electrons. The van der Waals surface area contributed by atoms with Gasteiger partial charge in [-0.05, 0) is 12.5 Å². The molecule has 1 heterocycles. The lowest BCUT2D eigenvalue weighted by molar-refractivity contribution is 0.0937. The van der Waals surface area contributed by atoms with Crippen LogP contribution >= 0.6 is 0 Å². The molecule has 5 heteroatoms. The second-order valence-electron chi connectivity index (χ2n) is 4.34. The number of pyridine rings is 1. The number of hydrogen-bond donors (Lipinski definition) is 2. The van der Waals surface area contributed by atoms with E-state index in [-0.39, 0.29) is 5.91 Å². The molecule has 0 saturated carbocycles. The van der Waals surface area contributed by atoms with Crippen LogP contribution in [0.3, 0.4) is 0 Å². The molecular formula is C14H23N3O2. The first-order chi connectivity index (χ1) is 9.27. The number of unbranched alkanes of at least 4 members (excludes halogenated alkanes) is 2. The number of carbonyl (C=O) groups is 1. The first kappa shape index (κ1) is 15.4. The molecule has 0 atom stereocenters. The van der Waals surface area contributed by atoms with E-state index in [9.17, 15) is 4.79 Å². The summed E-state index contributed by atoms with van der Waals surface area (Å²) in [6.45, 7) is 4.09. The molecule has 0 aromatic carbocycles. The highest BCUT2D eigenvalue weighted by atomic mass is 16.5. The molecule has 0 unspecified atom stereocenters. The van der Waals surface area contributed by atoms with E-state index in [1.165, 1.54) is 12.8 Å². The van der Waals surface area contributed by atoms with Crippen molar-refractivity contribution in [2.45, 2.75) is 26.2 Å². The highest BCUT2D eigenvalue weighted by molar-refractivity contribution is 5.94. The zero-order valence-electron chi connectivity index (χ0n) is 11.7. The Morgan fingerprint density at radius 2 is 2.16 bits per heavy atom. The molecule has 19 heavy (non-hydrogen) atoms. The van der Waals surface area contributed by atoms with Crippen molar-refractivity contribution in [3.05, 3.63) is 24.0 Å². The van der Waals surface area contributed by atoms with Crippen molar-refractivity contribution >= 4 is 11.6 Å². The van der Waals surface area contributed by atoms with Gasteiger partial charge in [-0.25, -0.2) is 0 Å². The van der Waals surface area contributed by atoms with Gasteiger partial charge in [-0.2, -0.15) is 0 Å². The molecule has 0 spiro atoms.